The number of hydrogen-bond acceptors (Lipinski definition) is 3. The second-order valence-corrected chi connectivity index (χ2v) is 3.07. The van der Waals surface area contributed by atoms with E-state index in [9.17, 15) is 0 Å². The molecule has 1 saturated heterocycles. The maximum Gasteiger partial charge on any atom is 0.162 e. The van der Waals surface area contributed by atoms with Gasteiger partial charge in [0.15, 0.2) is 5.79 Å². The van der Waals surface area contributed by atoms with Gasteiger partial charge in [0, 0.05) is 5.92 Å². The molecule has 1 heterocycles. The van der Waals surface area contributed by atoms with Crippen LogP contribution in [0.1, 0.15) is 27.7 Å². The van der Waals surface area contributed by atoms with Crippen LogP contribution in [0.4, 0.5) is 0 Å². The lowest BCUT2D eigenvalue weighted by Gasteiger charge is -2.34. The third kappa shape index (κ3) is 4.04. The minimum absolute atomic E-state index is 0.149. The lowest BCUT2D eigenvalue weighted by molar-refractivity contribution is -0.265. The van der Waals surface area contributed by atoms with Gasteiger partial charge in [-0.25, -0.2) is 0 Å². The lowest BCUT2D eigenvalue weighted by atomic mass is 10.1. The molecular weight excluding hydrogens is 156 g/mol. The molecule has 0 unspecified atom stereocenters. The Hall–Kier alpha value is -0.120. The van der Waals surface area contributed by atoms with Gasteiger partial charge in [0.1, 0.15) is 0 Å². The summed E-state index contributed by atoms with van der Waals surface area (Å²) >= 11 is 0. The van der Waals surface area contributed by atoms with Crippen molar-refractivity contribution in [3.8, 4) is 0 Å². The van der Waals surface area contributed by atoms with Crippen LogP contribution in [0.15, 0.2) is 0 Å². The van der Waals surface area contributed by atoms with E-state index in [0.29, 0.717) is 13.2 Å². The minimum Gasteiger partial charge on any atom is -0.396 e. The molecule has 0 aromatic carbocycles. The van der Waals surface area contributed by atoms with Gasteiger partial charge in [0.2, 0.25) is 0 Å². The molecule has 0 spiro atoms. The summed E-state index contributed by atoms with van der Waals surface area (Å²) in [4.78, 5) is 0. The van der Waals surface area contributed by atoms with E-state index in [-0.39, 0.29) is 12.5 Å². The molecule has 3 nitrogen and oxygen atoms in total. The van der Waals surface area contributed by atoms with Crippen molar-refractivity contribution in [3.63, 3.8) is 0 Å². The summed E-state index contributed by atoms with van der Waals surface area (Å²) in [7, 11) is 0. The van der Waals surface area contributed by atoms with Crippen LogP contribution in [0.3, 0.4) is 0 Å². The molecule has 0 atom stereocenters. The largest absolute Gasteiger partial charge is 0.396 e. The van der Waals surface area contributed by atoms with Crippen molar-refractivity contribution in [2.45, 2.75) is 33.5 Å². The lowest BCUT2D eigenvalue weighted by Crippen LogP contribution is -2.40. The molecule has 1 N–H and O–H groups in total. The third-order valence-corrected chi connectivity index (χ3v) is 1.59. The van der Waals surface area contributed by atoms with Gasteiger partial charge in [-0.15, -0.1) is 0 Å². The first-order chi connectivity index (χ1) is 5.64. The van der Waals surface area contributed by atoms with Gasteiger partial charge in [0.25, 0.3) is 0 Å². The molecule has 74 valence electrons. The fraction of sp³-hybridized carbons (Fsp3) is 1.00. The first-order valence-corrected chi connectivity index (χ1v) is 4.53. The van der Waals surface area contributed by atoms with E-state index >= 15 is 0 Å². The molecule has 0 aliphatic carbocycles. The average Bonchev–Trinajstić information content (AvgIpc) is 2.08. The quantitative estimate of drug-likeness (QED) is 0.656. The Morgan fingerprint density at radius 1 is 1.25 bits per heavy atom. The smallest absolute Gasteiger partial charge is 0.162 e. The Kier molecular flexibility index (Phi) is 5.46. The number of aliphatic hydroxyl groups excluding tert-OH is 1. The normalized spacial score (nSPS) is 22.8. The summed E-state index contributed by atoms with van der Waals surface area (Å²) in [6.07, 6.45) is 0. The highest BCUT2D eigenvalue weighted by atomic mass is 16.7. The summed E-state index contributed by atoms with van der Waals surface area (Å²) < 4.78 is 10.6. The van der Waals surface area contributed by atoms with Gasteiger partial charge >= 0.3 is 0 Å². The van der Waals surface area contributed by atoms with Gasteiger partial charge in [-0.2, -0.15) is 0 Å². The van der Waals surface area contributed by atoms with Crippen molar-refractivity contribution in [2.75, 3.05) is 19.8 Å². The Labute approximate surface area is 74.7 Å². The van der Waals surface area contributed by atoms with Crippen molar-refractivity contribution < 1.29 is 14.6 Å². The predicted octanol–water partition coefficient (Wildman–Crippen LogP) is 1.40. The van der Waals surface area contributed by atoms with Crippen molar-refractivity contribution in [3.05, 3.63) is 0 Å². The molecule has 0 aromatic heterocycles. The van der Waals surface area contributed by atoms with Crippen LogP contribution in [0.2, 0.25) is 0 Å². The van der Waals surface area contributed by atoms with Crippen LogP contribution in [-0.4, -0.2) is 30.7 Å². The molecule has 1 aliphatic heterocycles. The van der Waals surface area contributed by atoms with E-state index in [1.54, 1.807) is 0 Å². The Morgan fingerprint density at radius 2 is 1.67 bits per heavy atom. The van der Waals surface area contributed by atoms with Gasteiger partial charge < -0.3 is 14.6 Å². The van der Waals surface area contributed by atoms with E-state index in [1.807, 2.05) is 27.7 Å². The minimum atomic E-state index is -0.453. The van der Waals surface area contributed by atoms with Crippen LogP contribution in [0, 0.1) is 5.92 Å². The van der Waals surface area contributed by atoms with E-state index in [4.69, 9.17) is 14.6 Å². The zero-order valence-corrected chi connectivity index (χ0v) is 8.46. The van der Waals surface area contributed by atoms with Gasteiger partial charge in [-0.05, 0) is 13.8 Å². The standard InChI is InChI=1S/C7H14O3.C2H6/c1-7(2)9-4-6(3-8)5-10-7;1-2/h6,8H,3-5H2,1-2H3;1-2H3. The fourth-order valence-corrected chi connectivity index (χ4v) is 0.832. The summed E-state index contributed by atoms with van der Waals surface area (Å²) in [5.74, 6) is -0.293. The Balaban J connectivity index is 0.000000561. The van der Waals surface area contributed by atoms with E-state index in [0.717, 1.165) is 0 Å². The zero-order valence-electron chi connectivity index (χ0n) is 8.46. The van der Waals surface area contributed by atoms with Crippen LogP contribution in [0.25, 0.3) is 0 Å². The zero-order chi connectivity index (χ0) is 9.61. The van der Waals surface area contributed by atoms with Gasteiger partial charge in [-0.1, -0.05) is 13.8 Å². The van der Waals surface area contributed by atoms with Crippen molar-refractivity contribution in [1.29, 1.82) is 0 Å². The highest BCUT2D eigenvalue weighted by Crippen LogP contribution is 2.19. The molecule has 1 rings (SSSR count). The summed E-state index contributed by atoms with van der Waals surface area (Å²) in [6, 6.07) is 0. The maximum atomic E-state index is 8.70. The van der Waals surface area contributed by atoms with Crippen molar-refractivity contribution in [1.82, 2.24) is 0 Å². The molecule has 0 bridgehead atoms. The van der Waals surface area contributed by atoms with E-state index < -0.39 is 5.79 Å². The van der Waals surface area contributed by atoms with E-state index in [1.165, 1.54) is 0 Å². The SMILES string of the molecule is CC.CC1(C)OCC(CO)CO1. The Bertz CT molecular complexity index is 102. The summed E-state index contributed by atoms with van der Waals surface area (Å²) in [6.45, 7) is 9.10. The monoisotopic (exact) mass is 176 g/mol. The molecule has 0 amide bonds. The number of hydrogen-bond donors (Lipinski definition) is 1. The number of rotatable bonds is 1. The molecular formula is C9H20O3. The predicted molar refractivity (Wildman–Crippen MR) is 47.9 cm³/mol. The fourth-order valence-electron chi connectivity index (χ4n) is 0.832. The molecule has 1 fully saturated rings. The van der Waals surface area contributed by atoms with Crippen molar-refractivity contribution >= 4 is 0 Å². The molecule has 1 aliphatic rings. The van der Waals surface area contributed by atoms with Gasteiger partial charge in [-0.3, -0.25) is 0 Å². The second kappa shape index (κ2) is 5.51. The second-order valence-electron chi connectivity index (χ2n) is 3.07. The Morgan fingerprint density at radius 3 is 2.00 bits per heavy atom. The molecule has 0 radical (unpaired) electrons. The molecule has 3 heteroatoms. The van der Waals surface area contributed by atoms with Crippen LogP contribution in [-0.2, 0) is 9.47 Å². The molecule has 0 saturated carbocycles. The highest BCUT2D eigenvalue weighted by Gasteiger charge is 2.27. The van der Waals surface area contributed by atoms with Gasteiger partial charge in [0.05, 0.1) is 19.8 Å². The first-order valence-electron chi connectivity index (χ1n) is 4.53. The topological polar surface area (TPSA) is 38.7 Å². The summed E-state index contributed by atoms with van der Waals surface area (Å²) in [5.41, 5.74) is 0. The van der Waals surface area contributed by atoms with E-state index in [2.05, 4.69) is 0 Å². The van der Waals surface area contributed by atoms with Crippen molar-refractivity contribution in [2.24, 2.45) is 5.92 Å². The van der Waals surface area contributed by atoms with Crippen LogP contribution in [0.5, 0.6) is 0 Å². The molecule has 12 heavy (non-hydrogen) atoms. The van der Waals surface area contributed by atoms with Crippen LogP contribution < -0.4 is 0 Å². The number of aliphatic hydroxyl groups is 1. The highest BCUT2D eigenvalue weighted by molar-refractivity contribution is 4.65. The average molecular weight is 176 g/mol. The summed E-state index contributed by atoms with van der Waals surface area (Å²) in [5, 5.41) is 8.70. The maximum absolute atomic E-state index is 8.70. The third-order valence-electron chi connectivity index (χ3n) is 1.59. The molecule has 0 aromatic rings. The van der Waals surface area contributed by atoms with Crippen LogP contribution >= 0.6 is 0 Å². The first kappa shape index (κ1) is 11.9. The number of ether oxygens (including phenoxy) is 2.